The summed E-state index contributed by atoms with van der Waals surface area (Å²) >= 11 is 0. The Morgan fingerprint density at radius 3 is 2.26 bits per heavy atom. The standard InChI is InChI=1S/C19H36N4/c20-13-19-12-16-4-11-23(19)15-17(16)14-21-9-5-18(6-10-21)22-7-2-1-3-8-22/h16-19H,1-15,20H2/t16-,17-,19+/m0/s1. The molecule has 5 saturated heterocycles. The summed E-state index contributed by atoms with van der Waals surface area (Å²) in [6, 6.07) is 1.58. The summed E-state index contributed by atoms with van der Waals surface area (Å²) in [6.07, 6.45) is 9.93. The predicted octanol–water partition coefficient (Wildman–Crippen LogP) is 1.61. The number of rotatable bonds is 4. The highest BCUT2D eigenvalue weighted by atomic mass is 15.2. The molecule has 5 aliphatic heterocycles. The first kappa shape index (κ1) is 16.3. The van der Waals surface area contributed by atoms with Crippen molar-refractivity contribution in [3.63, 3.8) is 0 Å². The molecular formula is C19H36N4. The van der Waals surface area contributed by atoms with Gasteiger partial charge in [0.25, 0.3) is 0 Å². The Morgan fingerprint density at radius 2 is 1.61 bits per heavy atom. The SMILES string of the molecule is NC[C@H]1C[C@@H]2CCN1C[C@@H]2CN1CCC(N2CCCCC2)CC1. The lowest BCUT2D eigenvalue weighted by Crippen LogP contribution is -2.58. The molecule has 2 N–H and O–H groups in total. The molecule has 4 nitrogen and oxygen atoms in total. The van der Waals surface area contributed by atoms with Crippen LogP contribution in [0.4, 0.5) is 0 Å². The molecule has 4 atom stereocenters. The van der Waals surface area contributed by atoms with E-state index in [0.29, 0.717) is 6.04 Å². The molecule has 0 aromatic rings. The monoisotopic (exact) mass is 320 g/mol. The molecule has 5 fully saturated rings. The summed E-state index contributed by atoms with van der Waals surface area (Å²) in [5.74, 6) is 1.87. The zero-order valence-electron chi connectivity index (χ0n) is 14.8. The summed E-state index contributed by atoms with van der Waals surface area (Å²) in [4.78, 5) is 8.26. The maximum Gasteiger partial charge on any atom is 0.0221 e. The Kier molecular flexibility index (Phi) is 5.24. The first-order valence-corrected chi connectivity index (χ1v) is 10.2. The molecule has 4 heteroatoms. The van der Waals surface area contributed by atoms with E-state index in [1.165, 1.54) is 90.8 Å². The molecule has 5 heterocycles. The molecule has 0 amide bonds. The average molecular weight is 321 g/mol. The fourth-order valence-electron chi connectivity index (χ4n) is 5.78. The molecule has 0 saturated carbocycles. The second-order valence-electron chi connectivity index (χ2n) is 8.56. The molecule has 0 aromatic carbocycles. The van der Waals surface area contributed by atoms with Crippen LogP contribution in [0.3, 0.4) is 0 Å². The first-order chi connectivity index (χ1) is 11.3. The highest BCUT2D eigenvalue weighted by Crippen LogP contribution is 2.36. The molecule has 0 aliphatic carbocycles. The van der Waals surface area contributed by atoms with Crippen LogP contribution in [0, 0.1) is 11.8 Å². The molecule has 0 spiro atoms. The van der Waals surface area contributed by atoms with Gasteiger partial charge < -0.3 is 15.5 Å². The van der Waals surface area contributed by atoms with Gasteiger partial charge in [0.1, 0.15) is 0 Å². The summed E-state index contributed by atoms with van der Waals surface area (Å²) in [5, 5.41) is 0. The smallest absolute Gasteiger partial charge is 0.0221 e. The van der Waals surface area contributed by atoms with Crippen LogP contribution in [0.1, 0.15) is 44.9 Å². The highest BCUT2D eigenvalue weighted by molar-refractivity contribution is 4.94. The van der Waals surface area contributed by atoms with Gasteiger partial charge in [0.15, 0.2) is 0 Å². The van der Waals surface area contributed by atoms with Gasteiger partial charge in [-0.25, -0.2) is 0 Å². The minimum absolute atomic E-state index is 0.690. The zero-order chi connectivity index (χ0) is 15.6. The van der Waals surface area contributed by atoms with Crippen molar-refractivity contribution in [2.45, 2.75) is 57.0 Å². The molecular weight excluding hydrogens is 284 g/mol. The van der Waals surface area contributed by atoms with Crippen molar-refractivity contribution in [2.75, 3.05) is 52.4 Å². The van der Waals surface area contributed by atoms with Gasteiger partial charge in [0.2, 0.25) is 0 Å². The Balaban J connectivity index is 1.24. The lowest BCUT2D eigenvalue weighted by Gasteiger charge is -2.51. The molecule has 1 unspecified atom stereocenters. The van der Waals surface area contributed by atoms with Crippen LogP contribution in [0.15, 0.2) is 0 Å². The highest BCUT2D eigenvalue weighted by Gasteiger charge is 2.40. The van der Waals surface area contributed by atoms with E-state index in [1.54, 1.807) is 0 Å². The predicted molar refractivity (Wildman–Crippen MR) is 95.5 cm³/mol. The molecule has 0 radical (unpaired) electrons. The molecule has 5 rings (SSSR count). The van der Waals surface area contributed by atoms with E-state index in [4.69, 9.17) is 5.73 Å². The van der Waals surface area contributed by atoms with E-state index in [9.17, 15) is 0 Å². The third-order valence-electron chi connectivity index (χ3n) is 7.24. The van der Waals surface area contributed by atoms with E-state index in [2.05, 4.69) is 14.7 Å². The molecule has 0 aromatic heterocycles. The summed E-state index contributed by atoms with van der Waals surface area (Å²) in [6.45, 7) is 10.2. The minimum Gasteiger partial charge on any atom is -0.329 e. The van der Waals surface area contributed by atoms with Gasteiger partial charge >= 0.3 is 0 Å². The van der Waals surface area contributed by atoms with Crippen molar-refractivity contribution in [3.05, 3.63) is 0 Å². The Morgan fingerprint density at radius 1 is 0.826 bits per heavy atom. The van der Waals surface area contributed by atoms with Crippen LogP contribution in [0.2, 0.25) is 0 Å². The number of hydrogen-bond acceptors (Lipinski definition) is 4. The fourth-order valence-corrected chi connectivity index (χ4v) is 5.78. The fraction of sp³-hybridized carbons (Fsp3) is 1.00. The minimum atomic E-state index is 0.690. The second-order valence-corrected chi connectivity index (χ2v) is 8.56. The Bertz CT molecular complexity index is 374. The molecule has 5 aliphatic rings. The van der Waals surface area contributed by atoms with Gasteiger partial charge in [0.05, 0.1) is 0 Å². The normalized spacial score (nSPS) is 40.6. The molecule has 23 heavy (non-hydrogen) atoms. The van der Waals surface area contributed by atoms with Crippen LogP contribution in [0.5, 0.6) is 0 Å². The third kappa shape index (κ3) is 3.60. The summed E-state index contributed by atoms with van der Waals surface area (Å²) in [7, 11) is 0. The van der Waals surface area contributed by atoms with Gasteiger partial charge in [-0.3, -0.25) is 4.90 Å². The Hall–Kier alpha value is -0.160. The van der Waals surface area contributed by atoms with E-state index >= 15 is 0 Å². The first-order valence-electron chi connectivity index (χ1n) is 10.2. The average Bonchev–Trinajstić information content (AvgIpc) is 2.63. The van der Waals surface area contributed by atoms with Crippen molar-refractivity contribution >= 4 is 0 Å². The summed E-state index contributed by atoms with van der Waals surface area (Å²) in [5.41, 5.74) is 5.95. The topological polar surface area (TPSA) is 35.7 Å². The zero-order valence-corrected chi connectivity index (χ0v) is 14.8. The number of fused-ring (bicyclic) bond motifs is 3. The van der Waals surface area contributed by atoms with Crippen LogP contribution in [-0.4, -0.2) is 79.1 Å². The van der Waals surface area contributed by atoms with Gasteiger partial charge in [0, 0.05) is 31.7 Å². The Labute approximate surface area is 142 Å². The van der Waals surface area contributed by atoms with Gasteiger partial charge in [-0.05, 0) is 83.1 Å². The maximum atomic E-state index is 5.95. The van der Waals surface area contributed by atoms with Crippen LogP contribution in [-0.2, 0) is 0 Å². The van der Waals surface area contributed by atoms with Gasteiger partial charge in [-0.2, -0.15) is 0 Å². The lowest BCUT2D eigenvalue weighted by atomic mass is 9.75. The lowest BCUT2D eigenvalue weighted by molar-refractivity contribution is -0.0153. The van der Waals surface area contributed by atoms with E-state index in [0.717, 1.165) is 24.4 Å². The van der Waals surface area contributed by atoms with Crippen molar-refractivity contribution in [1.82, 2.24) is 14.7 Å². The van der Waals surface area contributed by atoms with Crippen LogP contribution >= 0.6 is 0 Å². The van der Waals surface area contributed by atoms with Crippen LogP contribution < -0.4 is 5.73 Å². The number of hydrogen-bond donors (Lipinski definition) is 1. The quantitative estimate of drug-likeness (QED) is 0.854. The number of piperidine rings is 5. The van der Waals surface area contributed by atoms with Crippen molar-refractivity contribution in [3.8, 4) is 0 Å². The van der Waals surface area contributed by atoms with Crippen molar-refractivity contribution < 1.29 is 0 Å². The maximum absolute atomic E-state index is 5.95. The van der Waals surface area contributed by atoms with E-state index in [-0.39, 0.29) is 0 Å². The molecule has 2 bridgehead atoms. The van der Waals surface area contributed by atoms with Gasteiger partial charge in [-0.15, -0.1) is 0 Å². The number of likely N-dealkylation sites (tertiary alicyclic amines) is 2. The third-order valence-corrected chi connectivity index (χ3v) is 7.24. The summed E-state index contributed by atoms with van der Waals surface area (Å²) < 4.78 is 0. The number of nitrogens with two attached hydrogens (primary N) is 1. The van der Waals surface area contributed by atoms with Gasteiger partial charge in [-0.1, -0.05) is 6.42 Å². The van der Waals surface area contributed by atoms with E-state index in [1.807, 2.05) is 0 Å². The van der Waals surface area contributed by atoms with Crippen molar-refractivity contribution in [2.24, 2.45) is 17.6 Å². The van der Waals surface area contributed by atoms with E-state index < -0.39 is 0 Å². The van der Waals surface area contributed by atoms with Crippen molar-refractivity contribution in [1.29, 1.82) is 0 Å². The second kappa shape index (κ2) is 7.38. The largest absolute Gasteiger partial charge is 0.329 e. The molecule has 132 valence electrons. The van der Waals surface area contributed by atoms with Crippen LogP contribution in [0.25, 0.3) is 0 Å². The number of nitrogens with zero attached hydrogens (tertiary/aromatic N) is 3.